The number of nitrogens with one attached hydrogen (secondary N) is 1. The zero-order chi connectivity index (χ0) is 30.7. The first-order valence-electron chi connectivity index (χ1n) is 13.3. The summed E-state index contributed by atoms with van der Waals surface area (Å²) >= 11 is 20.0. The normalized spacial score (nSPS) is 14.5. The first-order chi connectivity index (χ1) is 20.0. The fourth-order valence-electron chi connectivity index (χ4n) is 4.90. The van der Waals surface area contributed by atoms with Crippen molar-refractivity contribution in [3.8, 4) is 11.4 Å². The number of halogens is 3. The summed E-state index contributed by atoms with van der Waals surface area (Å²) in [6.45, 7) is 9.33. The van der Waals surface area contributed by atoms with E-state index in [2.05, 4.69) is 21.4 Å². The minimum atomic E-state index is -0.630. The van der Waals surface area contributed by atoms with E-state index in [1.165, 1.54) is 41.8 Å². The van der Waals surface area contributed by atoms with E-state index in [-0.39, 0.29) is 49.2 Å². The van der Waals surface area contributed by atoms with Crippen LogP contribution in [0.4, 0.5) is 5.82 Å². The number of ketones is 3. The van der Waals surface area contributed by atoms with E-state index in [1.54, 1.807) is 12.1 Å². The number of nitrogens with zero attached hydrogens (tertiary/aromatic N) is 4. The Bertz CT molecular complexity index is 1560. The van der Waals surface area contributed by atoms with Crippen LogP contribution in [-0.2, 0) is 4.79 Å². The predicted octanol–water partition coefficient (Wildman–Crippen LogP) is 5.27. The molecule has 4 rings (SSSR count). The number of aromatic nitrogens is 2. The van der Waals surface area contributed by atoms with Crippen LogP contribution in [0.5, 0.6) is 5.75 Å². The molecule has 1 saturated heterocycles. The highest BCUT2D eigenvalue weighted by Gasteiger charge is 2.34. The Labute approximate surface area is 259 Å². The summed E-state index contributed by atoms with van der Waals surface area (Å²) in [5.41, 5.74) is -0.0805. The number of hydrogen-bond acceptors (Lipinski definition) is 7. The van der Waals surface area contributed by atoms with Crippen molar-refractivity contribution in [3.05, 3.63) is 86.8 Å². The van der Waals surface area contributed by atoms with E-state index in [0.717, 1.165) is 26.2 Å². The van der Waals surface area contributed by atoms with Crippen molar-refractivity contribution in [2.75, 3.05) is 58.3 Å². The van der Waals surface area contributed by atoms with Crippen molar-refractivity contribution in [1.29, 1.82) is 0 Å². The van der Waals surface area contributed by atoms with Crippen molar-refractivity contribution in [1.82, 2.24) is 19.4 Å². The number of para-hydroxylation sites is 1. The maximum absolute atomic E-state index is 13.9. The second-order valence-corrected chi connectivity index (χ2v) is 11.4. The fraction of sp³-hybridized carbons (Fsp3) is 0.300. The largest absolute Gasteiger partial charge is 0.507 e. The quantitative estimate of drug-likeness (QED) is 0.0977. The minimum absolute atomic E-state index is 0.00602. The molecule has 0 bridgehead atoms. The Balaban J connectivity index is 1.91. The molecule has 0 saturated carbocycles. The first-order valence-corrected chi connectivity index (χ1v) is 14.4. The molecular formula is C30H32Cl3N5O4. The lowest BCUT2D eigenvalue weighted by Gasteiger charge is -2.37. The number of Topliss-reactive ketones (excluding diaryl/α,β-unsaturated/α-hetero) is 2. The van der Waals surface area contributed by atoms with Crippen LogP contribution in [0.3, 0.4) is 0 Å². The molecule has 2 N–H and O–H groups in total. The maximum atomic E-state index is 13.9. The molecule has 3 aromatic rings. The monoisotopic (exact) mass is 631 g/mol. The van der Waals surface area contributed by atoms with Gasteiger partial charge < -0.3 is 19.9 Å². The lowest BCUT2D eigenvalue weighted by molar-refractivity contribution is -0.113. The third kappa shape index (κ3) is 6.35. The zero-order valence-corrected chi connectivity index (χ0v) is 25.9. The average Bonchev–Trinajstić information content (AvgIpc) is 3.45. The van der Waals surface area contributed by atoms with Crippen LogP contribution in [0.25, 0.3) is 5.69 Å². The topological polar surface area (TPSA) is 102 Å². The molecule has 0 aliphatic carbocycles. The van der Waals surface area contributed by atoms with Gasteiger partial charge in [0.15, 0.2) is 5.78 Å². The van der Waals surface area contributed by atoms with Gasteiger partial charge in [0.05, 0.1) is 27.5 Å². The third-order valence-electron chi connectivity index (χ3n) is 7.08. The molecule has 12 heteroatoms. The van der Waals surface area contributed by atoms with Crippen molar-refractivity contribution >= 4 is 58.0 Å². The summed E-state index contributed by atoms with van der Waals surface area (Å²) in [6, 6.07) is 7.52. The van der Waals surface area contributed by atoms with Crippen molar-refractivity contribution < 1.29 is 19.5 Å². The van der Waals surface area contributed by atoms with Gasteiger partial charge in [0.2, 0.25) is 11.6 Å². The second kappa shape index (κ2) is 13.3. The molecule has 0 unspecified atom stereocenters. The Morgan fingerprint density at radius 3 is 2.36 bits per heavy atom. The molecule has 0 atom stereocenters. The number of aromatic amines is 1. The van der Waals surface area contributed by atoms with Gasteiger partial charge in [0, 0.05) is 39.3 Å². The van der Waals surface area contributed by atoms with Gasteiger partial charge in [-0.15, -0.1) is 0 Å². The molecule has 3 heterocycles. The molecule has 1 aliphatic rings. The number of carbonyl (C=O) groups is 3. The van der Waals surface area contributed by atoms with Gasteiger partial charge in [-0.05, 0) is 45.3 Å². The third-order valence-corrected chi connectivity index (χ3v) is 8.10. The molecule has 0 radical (unpaired) electrons. The molecule has 9 nitrogen and oxygen atoms in total. The van der Waals surface area contributed by atoms with E-state index in [9.17, 15) is 19.5 Å². The van der Waals surface area contributed by atoms with Gasteiger partial charge >= 0.3 is 0 Å². The molecule has 1 aliphatic heterocycles. The summed E-state index contributed by atoms with van der Waals surface area (Å²) in [7, 11) is 4.05. The van der Waals surface area contributed by atoms with E-state index in [4.69, 9.17) is 34.8 Å². The minimum Gasteiger partial charge on any atom is -0.507 e. The number of phenolic OH excluding ortho intramolecular Hbond substituents is 1. The number of piperazine rings is 1. The lowest BCUT2D eigenvalue weighted by Crippen LogP contribution is -2.48. The second-order valence-electron chi connectivity index (χ2n) is 10.2. The maximum Gasteiger partial charge on any atom is 0.215 e. The summed E-state index contributed by atoms with van der Waals surface area (Å²) in [5.74, 6) is -1.51. The van der Waals surface area contributed by atoms with Crippen LogP contribution in [0.2, 0.25) is 15.2 Å². The van der Waals surface area contributed by atoms with Gasteiger partial charge in [-0.25, -0.2) is 0 Å². The highest BCUT2D eigenvalue weighted by atomic mass is 35.5. The van der Waals surface area contributed by atoms with Crippen molar-refractivity contribution in [2.24, 2.45) is 0 Å². The van der Waals surface area contributed by atoms with Crippen LogP contribution in [0, 0.1) is 0 Å². The molecule has 0 amide bonds. The van der Waals surface area contributed by atoms with Crippen molar-refractivity contribution in [3.63, 3.8) is 0 Å². The first kappa shape index (κ1) is 31.6. The van der Waals surface area contributed by atoms with Gasteiger partial charge in [0.1, 0.15) is 27.4 Å². The molecule has 1 aromatic carbocycles. The van der Waals surface area contributed by atoms with Crippen LogP contribution in [0.1, 0.15) is 33.5 Å². The summed E-state index contributed by atoms with van der Waals surface area (Å²) in [5, 5.41) is 10.6. The van der Waals surface area contributed by atoms with E-state index in [0.29, 0.717) is 18.9 Å². The van der Waals surface area contributed by atoms with E-state index >= 15 is 0 Å². The SMILES string of the molecule is C=C/C=C(\C(C)=O)C(=O)c1cc(Cl)c(N2CCN(CCN(C)C)CC2)n1-c1c(C(=O)c2ccccc2O)[nH]c(Cl)c1Cl. The highest BCUT2D eigenvalue weighted by Crippen LogP contribution is 2.42. The summed E-state index contributed by atoms with van der Waals surface area (Å²) in [6.07, 6.45) is 2.68. The molecular weight excluding hydrogens is 601 g/mol. The molecule has 0 spiro atoms. The van der Waals surface area contributed by atoms with Gasteiger partial charge in [0.25, 0.3) is 0 Å². The Morgan fingerprint density at radius 2 is 1.76 bits per heavy atom. The number of rotatable bonds is 11. The Hall–Kier alpha value is -3.34. The van der Waals surface area contributed by atoms with E-state index < -0.39 is 17.3 Å². The number of anilines is 1. The van der Waals surface area contributed by atoms with Gasteiger partial charge in [-0.3, -0.25) is 23.9 Å². The molecule has 222 valence electrons. The number of aromatic hydroxyl groups is 1. The van der Waals surface area contributed by atoms with Crippen molar-refractivity contribution in [2.45, 2.75) is 6.92 Å². The number of carbonyl (C=O) groups excluding carboxylic acids is 3. The number of likely N-dealkylation sites (N-methyl/N-ethyl adjacent to an activating group) is 1. The number of benzene rings is 1. The number of H-pyrrole nitrogens is 1. The lowest BCUT2D eigenvalue weighted by atomic mass is 10.0. The fourth-order valence-corrected chi connectivity index (χ4v) is 5.62. The van der Waals surface area contributed by atoms with E-state index in [1.807, 2.05) is 19.0 Å². The average molecular weight is 633 g/mol. The van der Waals surface area contributed by atoms with Crippen LogP contribution in [0.15, 0.2) is 54.6 Å². The summed E-state index contributed by atoms with van der Waals surface area (Å²) < 4.78 is 1.48. The predicted molar refractivity (Wildman–Crippen MR) is 167 cm³/mol. The number of phenols is 1. The van der Waals surface area contributed by atoms with Crippen LogP contribution in [-0.4, -0.2) is 95.2 Å². The van der Waals surface area contributed by atoms with Crippen LogP contribution >= 0.6 is 34.8 Å². The molecule has 42 heavy (non-hydrogen) atoms. The molecule has 1 fully saturated rings. The highest BCUT2D eigenvalue weighted by molar-refractivity contribution is 6.44. The Kier molecular flexibility index (Phi) is 10.0. The zero-order valence-electron chi connectivity index (χ0n) is 23.6. The smallest absolute Gasteiger partial charge is 0.215 e. The standard InChI is InChI=1S/C30H32Cl3N5O4/c1-5-8-19(18(2)39)27(41)22-17-21(31)30(37-15-13-36(14-16-37)12-11-35(3)4)38(22)26-24(32)29(33)34-25(26)28(42)20-9-6-7-10-23(20)40/h5-10,17,34,40H,1,11-16H2,2-4H3/b19-8+. The van der Waals surface area contributed by atoms with Crippen LogP contribution < -0.4 is 4.90 Å². The number of hydrogen-bond donors (Lipinski definition) is 2. The molecule has 2 aromatic heterocycles. The summed E-state index contributed by atoms with van der Waals surface area (Å²) in [4.78, 5) is 49.4. The number of allylic oxidation sites excluding steroid dienone is 3. The Morgan fingerprint density at radius 1 is 1.10 bits per heavy atom. The van der Waals surface area contributed by atoms with Gasteiger partial charge in [-0.2, -0.15) is 0 Å². The van der Waals surface area contributed by atoms with Gasteiger partial charge in [-0.1, -0.05) is 59.6 Å².